The summed E-state index contributed by atoms with van der Waals surface area (Å²) in [4.78, 5) is 37.1. The molecule has 0 unspecified atom stereocenters. The highest BCUT2D eigenvalue weighted by Gasteiger charge is 2.29. The summed E-state index contributed by atoms with van der Waals surface area (Å²) >= 11 is 0. The largest absolute Gasteiger partial charge is 0.396 e. The molecule has 0 atom stereocenters. The highest BCUT2D eigenvalue weighted by molar-refractivity contribution is 6.28. The zero-order valence-corrected chi connectivity index (χ0v) is 12.3. The van der Waals surface area contributed by atoms with E-state index >= 15 is 0 Å². The Labute approximate surface area is 133 Å². The fourth-order valence-electron chi connectivity index (χ4n) is 2.62. The molecule has 2 N–H and O–H groups in total. The normalized spacial score (nSPS) is 12.6. The van der Waals surface area contributed by atoms with Crippen LogP contribution < -0.4 is 5.32 Å². The summed E-state index contributed by atoms with van der Waals surface area (Å²) in [5, 5.41) is 11.4. The molecule has 1 aliphatic carbocycles. The van der Waals surface area contributed by atoms with E-state index in [-0.39, 0.29) is 29.6 Å². The van der Waals surface area contributed by atoms with E-state index in [1.54, 1.807) is 24.3 Å². The lowest BCUT2D eigenvalue weighted by atomic mass is 9.83. The first kappa shape index (κ1) is 15.1. The Hall–Kier alpha value is -2.79. The predicted octanol–water partition coefficient (Wildman–Crippen LogP) is 1.57. The molecule has 0 saturated heterocycles. The van der Waals surface area contributed by atoms with Gasteiger partial charge in [0, 0.05) is 41.0 Å². The van der Waals surface area contributed by atoms with Crippen molar-refractivity contribution in [3.63, 3.8) is 0 Å². The second kappa shape index (κ2) is 6.14. The number of amides is 1. The van der Waals surface area contributed by atoms with E-state index in [1.165, 1.54) is 18.2 Å². The lowest BCUT2D eigenvalue weighted by Gasteiger charge is -2.17. The van der Waals surface area contributed by atoms with E-state index in [9.17, 15) is 14.4 Å². The molecule has 5 heteroatoms. The third-order valence-corrected chi connectivity index (χ3v) is 3.81. The zero-order chi connectivity index (χ0) is 16.4. The van der Waals surface area contributed by atoms with Crippen molar-refractivity contribution in [3.05, 3.63) is 70.3 Å². The van der Waals surface area contributed by atoms with Crippen molar-refractivity contribution in [1.82, 2.24) is 5.32 Å². The van der Waals surface area contributed by atoms with Crippen molar-refractivity contribution in [2.75, 3.05) is 13.2 Å². The molecule has 0 fully saturated rings. The average Bonchev–Trinajstić information content (AvgIpc) is 2.59. The summed E-state index contributed by atoms with van der Waals surface area (Å²) in [6.45, 7) is 0.344. The van der Waals surface area contributed by atoms with Gasteiger partial charge in [0.2, 0.25) is 0 Å². The van der Waals surface area contributed by atoms with Gasteiger partial charge in [0.1, 0.15) is 0 Å². The van der Waals surface area contributed by atoms with Crippen molar-refractivity contribution in [2.24, 2.45) is 0 Å². The van der Waals surface area contributed by atoms with Crippen LogP contribution in [0.2, 0.25) is 0 Å². The Morgan fingerprint density at radius 2 is 1.52 bits per heavy atom. The van der Waals surface area contributed by atoms with Gasteiger partial charge in [0.15, 0.2) is 11.6 Å². The van der Waals surface area contributed by atoms with Gasteiger partial charge in [0.05, 0.1) is 0 Å². The monoisotopic (exact) mass is 309 g/mol. The molecule has 1 aliphatic rings. The van der Waals surface area contributed by atoms with Crippen LogP contribution in [0.15, 0.2) is 42.5 Å². The van der Waals surface area contributed by atoms with E-state index in [4.69, 9.17) is 5.11 Å². The third kappa shape index (κ3) is 2.66. The van der Waals surface area contributed by atoms with Crippen LogP contribution in [0, 0.1) is 0 Å². The van der Waals surface area contributed by atoms with E-state index in [2.05, 4.69) is 5.32 Å². The van der Waals surface area contributed by atoms with Gasteiger partial charge in [-0.1, -0.05) is 24.3 Å². The summed E-state index contributed by atoms with van der Waals surface area (Å²) in [5.74, 6) is -0.789. The SMILES string of the molecule is O=C(NCCCO)c1ccc2c(c1)C(=O)c1ccccc1C2=O. The maximum absolute atomic E-state index is 12.6. The zero-order valence-electron chi connectivity index (χ0n) is 12.3. The lowest BCUT2D eigenvalue weighted by molar-refractivity contribution is 0.0948. The molecular weight excluding hydrogens is 294 g/mol. The minimum atomic E-state index is -0.333. The summed E-state index contributed by atoms with van der Waals surface area (Å²) in [6, 6.07) is 11.2. The molecule has 0 aromatic heterocycles. The average molecular weight is 309 g/mol. The van der Waals surface area contributed by atoms with Gasteiger partial charge >= 0.3 is 0 Å². The molecule has 116 valence electrons. The molecule has 0 radical (unpaired) electrons. The second-order valence-corrected chi connectivity index (χ2v) is 5.30. The number of rotatable bonds is 4. The fraction of sp³-hybridized carbons (Fsp3) is 0.167. The van der Waals surface area contributed by atoms with Crippen molar-refractivity contribution < 1.29 is 19.5 Å². The van der Waals surface area contributed by atoms with E-state index < -0.39 is 0 Å². The molecule has 0 aliphatic heterocycles. The van der Waals surface area contributed by atoms with E-state index in [1.807, 2.05) is 0 Å². The molecule has 0 bridgehead atoms. The number of aliphatic hydroxyl groups is 1. The lowest BCUT2D eigenvalue weighted by Crippen LogP contribution is -2.26. The van der Waals surface area contributed by atoms with Crippen LogP contribution >= 0.6 is 0 Å². The first-order chi connectivity index (χ1) is 11.1. The van der Waals surface area contributed by atoms with Gasteiger partial charge in [-0.3, -0.25) is 14.4 Å². The molecule has 0 saturated carbocycles. The fourth-order valence-corrected chi connectivity index (χ4v) is 2.62. The van der Waals surface area contributed by atoms with E-state index in [0.29, 0.717) is 35.2 Å². The number of hydrogen-bond acceptors (Lipinski definition) is 4. The molecule has 23 heavy (non-hydrogen) atoms. The number of benzene rings is 2. The number of fused-ring (bicyclic) bond motifs is 2. The molecule has 0 spiro atoms. The predicted molar refractivity (Wildman–Crippen MR) is 83.8 cm³/mol. The van der Waals surface area contributed by atoms with Crippen molar-refractivity contribution in [1.29, 1.82) is 0 Å². The number of carbonyl (C=O) groups is 3. The molecule has 3 rings (SSSR count). The standard InChI is InChI=1S/C18H15NO4/c20-9-3-8-19-18(23)11-6-7-14-15(10-11)17(22)13-5-2-1-4-12(13)16(14)21/h1-2,4-7,10,20H,3,8-9H2,(H,19,23). The van der Waals surface area contributed by atoms with Gasteiger partial charge in [-0.25, -0.2) is 0 Å². The molecule has 5 nitrogen and oxygen atoms in total. The Bertz CT molecular complexity index is 810. The number of carbonyl (C=O) groups excluding carboxylic acids is 3. The Morgan fingerprint density at radius 1 is 0.913 bits per heavy atom. The highest BCUT2D eigenvalue weighted by Crippen LogP contribution is 2.27. The van der Waals surface area contributed by atoms with Gasteiger partial charge in [-0.2, -0.15) is 0 Å². The molecule has 0 heterocycles. The van der Waals surface area contributed by atoms with Gasteiger partial charge in [-0.15, -0.1) is 0 Å². The van der Waals surface area contributed by atoms with Crippen LogP contribution in [0.5, 0.6) is 0 Å². The van der Waals surface area contributed by atoms with Gasteiger partial charge in [0.25, 0.3) is 5.91 Å². The highest BCUT2D eigenvalue weighted by atomic mass is 16.3. The summed E-state index contributed by atoms with van der Waals surface area (Å²) in [7, 11) is 0. The smallest absolute Gasteiger partial charge is 0.251 e. The molecular formula is C18H15NO4. The van der Waals surface area contributed by atoms with Crippen LogP contribution in [-0.2, 0) is 0 Å². The van der Waals surface area contributed by atoms with Gasteiger partial charge < -0.3 is 10.4 Å². The number of aliphatic hydroxyl groups excluding tert-OH is 1. The summed E-state index contributed by atoms with van der Waals surface area (Å²) < 4.78 is 0. The first-order valence-corrected chi connectivity index (χ1v) is 7.35. The van der Waals surface area contributed by atoms with E-state index in [0.717, 1.165) is 0 Å². The summed E-state index contributed by atoms with van der Waals surface area (Å²) in [5.41, 5.74) is 1.65. The number of ketones is 2. The minimum Gasteiger partial charge on any atom is -0.396 e. The first-order valence-electron chi connectivity index (χ1n) is 7.35. The maximum Gasteiger partial charge on any atom is 0.251 e. The number of hydrogen-bond donors (Lipinski definition) is 2. The molecule has 1 amide bonds. The van der Waals surface area contributed by atoms with Crippen molar-refractivity contribution in [3.8, 4) is 0 Å². The Balaban J connectivity index is 1.96. The van der Waals surface area contributed by atoms with Crippen LogP contribution in [0.3, 0.4) is 0 Å². The van der Waals surface area contributed by atoms with Gasteiger partial charge in [-0.05, 0) is 24.6 Å². The van der Waals surface area contributed by atoms with Crippen LogP contribution in [-0.4, -0.2) is 35.7 Å². The number of nitrogens with one attached hydrogen (secondary N) is 1. The van der Waals surface area contributed by atoms with Crippen molar-refractivity contribution >= 4 is 17.5 Å². The maximum atomic E-state index is 12.6. The second-order valence-electron chi connectivity index (χ2n) is 5.30. The quantitative estimate of drug-likeness (QED) is 0.717. The summed E-state index contributed by atoms with van der Waals surface area (Å²) in [6.07, 6.45) is 0.460. The van der Waals surface area contributed by atoms with Crippen molar-refractivity contribution in [2.45, 2.75) is 6.42 Å². The topological polar surface area (TPSA) is 83.5 Å². The van der Waals surface area contributed by atoms with Crippen LogP contribution in [0.25, 0.3) is 0 Å². The molecule has 2 aromatic rings. The Kier molecular flexibility index (Phi) is 4.04. The van der Waals surface area contributed by atoms with Crippen LogP contribution in [0.4, 0.5) is 0 Å². The van der Waals surface area contributed by atoms with Crippen LogP contribution in [0.1, 0.15) is 48.6 Å². The minimum absolute atomic E-state index is 0.00571. The molecule has 2 aromatic carbocycles. The third-order valence-electron chi connectivity index (χ3n) is 3.81. The Morgan fingerprint density at radius 3 is 2.17 bits per heavy atom.